The van der Waals surface area contributed by atoms with Crippen LogP contribution in [0.15, 0.2) is 12.1 Å². The number of carbonyl (C=O) groups excluding carboxylic acids is 1. The van der Waals surface area contributed by atoms with Crippen molar-refractivity contribution < 1.29 is 24.1 Å². The second kappa shape index (κ2) is 8.86. The van der Waals surface area contributed by atoms with E-state index in [1.54, 1.807) is 32.6 Å². The molecule has 0 unspecified atom stereocenters. The molecule has 1 aliphatic rings. The van der Waals surface area contributed by atoms with Crippen LogP contribution in [0.2, 0.25) is 0 Å². The Morgan fingerprint density at radius 3 is 2.68 bits per heavy atom. The number of carbonyl (C=O) groups is 1. The first-order valence-corrected chi connectivity index (χ1v) is 9.27. The Hall–Kier alpha value is -2.21. The fourth-order valence-corrected chi connectivity index (χ4v) is 3.31. The summed E-state index contributed by atoms with van der Waals surface area (Å²) in [6.07, 6.45) is -1.38. The van der Waals surface area contributed by atoms with Crippen molar-refractivity contribution in [2.45, 2.75) is 45.4 Å². The van der Waals surface area contributed by atoms with Crippen LogP contribution in [0.4, 0.5) is 9.18 Å². The highest BCUT2D eigenvalue weighted by Gasteiger charge is 2.33. The monoisotopic (exact) mass is 393 g/mol. The molecule has 0 aliphatic carbocycles. The average molecular weight is 393 g/mol. The van der Waals surface area contributed by atoms with Crippen molar-refractivity contribution in [3.05, 3.63) is 34.6 Å². The predicted molar refractivity (Wildman–Crippen MR) is 101 cm³/mol. The fourth-order valence-electron chi connectivity index (χ4n) is 3.31. The molecule has 2 N–H and O–H groups in total. The minimum absolute atomic E-state index is 0.0787. The Morgan fingerprint density at radius 1 is 1.43 bits per heavy atom. The quantitative estimate of drug-likeness (QED) is 0.812. The molecule has 2 atom stereocenters. The zero-order valence-corrected chi connectivity index (χ0v) is 16.8. The standard InChI is InChI=1S/C20H28FN3O4/c1-13-15(5-6-17(21)16(13)9-22)18(26)11-23-7-8-24(10-14(23)12-25)19(27)28-20(2,3)4/h5-6,14,18,25-26H,7-8,10-12H2,1-4H3/t14-,18+/m1/s1. The summed E-state index contributed by atoms with van der Waals surface area (Å²) in [6, 6.07) is 4.11. The van der Waals surface area contributed by atoms with Gasteiger partial charge in [0.1, 0.15) is 17.5 Å². The average Bonchev–Trinajstić information content (AvgIpc) is 2.60. The third kappa shape index (κ3) is 5.19. The first-order valence-electron chi connectivity index (χ1n) is 9.27. The van der Waals surface area contributed by atoms with Crippen LogP contribution in [0.1, 0.15) is 43.6 Å². The van der Waals surface area contributed by atoms with Crippen molar-refractivity contribution in [1.82, 2.24) is 9.80 Å². The van der Waals surface area contributed by atoms with Gasteiger partial charge in [0.2, 0.25) is 0 Å². The summed E-state index contributed by atoms with van der Waals surface area (Å²) in [7, 11) is 0. The highest BCUT2D eigenvalue weighted by Crippen LogP contribution is 2.25. The number of rotatable bonds is 4. The second-order valence-corrected chi connectivity index (χ2v) is 8.02. The molecule has 154 valence electrons. The summed E-state index contributed by atoms with van der Waals surface area (Å²) < 4.78 is 19.1. The van der Waals surface area contributed by atoms with Gasteiger partial charge in [-0.3, -0.25) is 4.90 Å². The molecule has 7 nitrogen and oxygen atoms in total. The smallest absolute Gasteiger partial charge is 0.410 e. The first kappa shape index (κ1) is 22.1. The molecule has 1 aliphatic heterocycles. The molecule has 1 saturated heterocycles. The van der Waals surface area contributed by atoms with E-state index in [9.17, 15) is 19.4 Å². The molecule has 28 heavy (non-hydrogen) atoms. The van der Waals surface area contributed by atoms with Gasteiger partial charge in [0, 0.05) is 26.2 Å². The third-order valence-corrected chi connectivity index (χ3v) is 4.80. The fraction of sp³-hybridized carbons (Fsp3) is 0.600. The first-order chi connectivity index (χ1) is 13.1. The van der Waals surface area contributed by atoms with Crippen molar-refractivity contribution in [2.24, 2.45) is 0 Å². The van der Waals surface area contributed by atoms with Crippen molar-refractivity contribution in [3.63, 3.8) is 0 Å². The molecular weight excluding hydrogens is 365 g/mol. The number of ether oxygens (including phenoxy) is 1. The zero-order chi connectivity index (χ0) is 21.1. The molecule has 0 radical (unpaired) electrons. The Morgan fingerprint density at radius 2 is 2.11 bits per heavy atom. The van der Waals surface area contributed by atoms with E-state index in [4.69, 9.17) is 10.00 Å². The maximum Gasteiger partial charge on any atom is 0.410 e. The van der Waals surface area contributed by atoms with Crippen LogP contribution >= 0.6 is 0 Å². The van der Waals surface area contributed by atoms with Gasteiger partial charge in [-0.25, -0.2) is 9.18 Å². The van der Waals surface area contributed by atoms with E-state index < -0.39 is 23.6 Å². The molecule has 1 heterocycles. The number of nitrogens with zero attached hydrogens (tertiary/aromatic N) is 3. The number of aliphatic hydroxyl groups excluding tert-OH is 2. The highest BCUT2D eigenvalue weighted by atomic mass is 19.1. The largest absolute Gasteiger partial charge is 0.444 e. The van der Waals surface area contributed by atoms with E-state index in [2.05, 4.69) is 0 Å². The third-order valence-electron chi connectivity index (χ3n) is 4.80. The van der Waals surface area contributed by atoms with Gasteiger partial charge < -0.3 is 19.8 Å². The van der Waals surface area contributed by atoms with E-state index in [1.165, 1.54) is 12.1 Å². The van der Waals surface area contributed by atoms with Crippen LogP contribution in [0.3, 0.4) is 0 Å². The van der Waals surface area contributed by atoms with Crippen LogP contribution in [-0.4, -0.2) is 70.5 Å². The van der Waals surface area contributed by atoms with E-state index in [-0.39, 0.29) is 31.3 Å². The van der Waals surface area contributed by atoms with Crippen LogP contribution in [0.25, 0.3) is 0 Å². The van der Waals surface area contributed by atoms with Crippen molar-refractivity contribution in [3.8, 4) is 6.07 Å². The van der Waals surface area contributed by atoms with Gasteiger partial charge in [-0.2, -0.15) is 5.26 Å². The van der Waals surface area contributed by atoms with Gasteiger partial charge in [0.05, 0.1) is 24.3 Å². The minimum Gasteiger partial charge on any atom is -0.444 e. The number of hydrogen-bond donors (Lipinski definition) is 2. The number of benzene rings is 1. The number of halogens is 1. The molecule has 1 fully saturated rings. The minimum atomic E-state index is -0.949. The van der Waals surface area contributed by atoms with Crippen LogP contribution in [-0.2, 0) is 4.74 Å². The summed E-state index contributed by atoms with van der Waals surface area (Å²) in [4.78, 5) is 15.7. The molecule has 0 spiro atoms. The number of β-amino-alcohol motifs (C(OH)–C–C–N with tert-alkyl or cyclic N) is 1. The molecule has 0 aromatic heterocycles. The molecule has 2 rings (SSSR count). The number of nitriles is 1. The van der Waals surface area contributed by atoms with Crippen molar-refractivity contribution in [2.75, 3.05) is 32.8 Å². The lowest BCUT2D eigenvalue weighted by molar-refractivity contribution is -0.0147. The number of amides is 1. The van der Waals surface area contributed by atoms with E-state index in [0.29, 0.717) is 24.2 Å². The van der Waals surface area contributed by atoms with Crippen LogP contribution in [0, 0.1) is 24.1 Å². The van der Waals surface area contributed by atoms with Gasteiger partial charge in [-0.05, 0) is 44.9 Å². The summed E-state index contributed by atoms with van der Waals surface area (Å²) >= 11 is 0. The summed E-state index contributed by atoms with van der Waals surface area (Å²) in [5.74, 6) is -0.616. The molecule has 0 saturated carbocycles. The van der Waals surface area contributed by atoms with Gasteiger partial charge in [0.25, 0.3) is 0 Å². The van der Waals surface area contributed by atoms with Gasteiger partial charge in [0.15, 0.2) is 0 Å². The SMILES string of the molecule is Cc1c([C@@H](O)CN2CCN(C(=O)OC(C)(C)C)C[C@@H]2CO)ccc(F)c1C#N. The maximum atomic E-state index is 13.7. The molecule has 0 bridgehead atoms. The highest BCUT2D eigenvalue weighted by molar-refractivity contribution is 5.68. The predicted octanol–water partition coefficient (Wildman–Crippen LogP) is 1.95. The molecule has 1 aromatic rings. The van der Waals surface area contributed by atoms with Gasteiger partial charge in [-0.15, -0.1) is 0 Å². The van der Waals surface area contributed by atoms with Crippen molar-refractivity contribution in [1.29, 1.82) is 5.26 Å². The van der Waals surface area contributed by atoms with Gasteiger partial charge in [-0.1, -0.05) is 6.07 Å². The maximum absolute atomic E-state index is 13.7. The Kier molecular flexibility index (Phi) is 6.99. The summed E-state index contributed by atoms with van der Waals surface area (Å²) in [5, 5.41) is 29.5. The lowest BCUT2D eigenvalue weighted by Gasteiger charge is -2.41. The summed E-state index contributed by atoms with van der Waals surface area (Å²) in [6.45, 7) is 8.14. The van der Waals surface area contributed by atoms with Crippen molar-refractivity contribution >= 4 is 6.09 Å². The lowest BCUT2D eigenvalue weighted by atomic mass is 9.97. The molecule has 1 aromatic carbocycles. The van der Waals surface area contributed by atoms with Crippen LogP contribution < -0.4 is 0 Å². The van der Waals surface area contributed by atoms with E-state index >= 15 is 0 Å². The zero-order valence-electron chi connectivity index (χ0n) is 16.8. The van der Waals surface area contributed by atoms with E-state index in [1.807, 2.05) is 11.0 Å². The normalized spacial score (nSPS) is 19.2. The Balaban J connectivity index is 2.07. The lowest BCUT2D eigenvalue weighted by Crippen LogP contribution is -2.57. The second-order valence-electron chi connectivity index (χ2n) is 8.02. The number of aliphatic hydroxyl groups is 2. The van der Waals surface area contributed by atoms with Crippen LogP contribution in [0.5, 0.6) is 0 Å². The van der Waals surface area contributed by atoms with E-state index in [0.717, 1.165) is 0 Å². The van der Waals surface area contributed by atoms with Gasteiger partial charge >= 0.3 is 6.09 Å². The number of piperazine rings is 1. The molecular formula is C20H28FN3O4. The molecule has 8 heteroatoms. The summed E-state index contributed by atoms with van der Waals surface area (Å²) in [5.41, 5.74) is 0.203. The Bertz CT molecular complexity index is 757. The topological polar surface area (TPSA) is 97.0 Å². The Labute approximate surface area is 164 Å². The number of hydrogen-bond acceptors (Lipinski definition) is 6. The molecule has 1 amide bonds.